The van der Waals surface area contributed by atoms with E-state index in [-0.39, 0.29) is 0 Å². The number of fused-ring (bicyclic) bond motifs is 1. The molecule has 1 amide bonds. The summed E-state index contributed by atoms with van der Waals surface area (Å²) in [5, 5.41) is 0. The summed E-state index contributed by atoms with van der Waals surface area (Å²) < 4.78 is 1.10. The van der Waals surface area contributed by atoms with E-state index in [1.807, 2.05) is 41.9 Å². The van der Waals surface area contributed by atoms with Crippen LogP contribution in [0.3, 0.4) is 0 Å². The number of benzene rings is 2. The number of hydrogen-bond donors (Lipinski definition) is 1. The van der Waals surface area contributed by atoms with Gasteiger partial charge in [0.1, 0.15) is 0 Å². The van der Waals surface area contributed by atoms with Gasteiger partial charge in [0.2, 0.25) is 5.91 Å². The van der Waals surface area contributed by atoms with E-state index in [9.17, 15) is 4.79 Å². The third-order valence-corrected chi connectivity index (χ3v) is 3.63. The van der Waals surface area contributed by atoms with Crippen LogP contribution in [-0.4, -0.2) is 10.9 Å². The number of aromatic nitrogens is 1. The zero-order chi connectivity index (χ0) is 12.5. The number of hydrogen-bond acceptors (Lipinski definition) is 3. The van der Waals surface area contributed by atoms with Crippen molar-refractivity contribution in [2.24, 2.45) is 5.73 Å². The lowest BCUT2D eigenvalue weighted by Gasteiger charge is -2.06. The van der Waals surface area contributed by atoms with Gasteiger partial charge in [0.15, 0.2) is 0 Å². The van der Waals surface area contributed by atoms with Crippen LogP contribution in [0.2, 0.25) is 0 Å². The number of nitrogens with zero attached hydrogens (tertiary/aromatic N) is 1. The predicted molar refractivity (Wildman–Crippen MR) is 73.6 cm³/mol. The Kier molecular flexibility index (Phi) is 2.57. The Balaban J connectivity index is 2.22. The number of rotatable bonds is 2. The highest BCUT2D eigenvalue weighted by Gasteiger charge is 2.09. The van der Waals surface area contributed by atoms with Crippen molar-refractivity contribution < 1.29 is 4.79 Å². The molecule has 4 heteroatoms. The van der Waals surface area contributed by atoms with Crippen LogP contribution in [-0.2, 0) is 0 Å². The van der Waals surface area contributed by atoms with Crippen molar-refractivity contribution in [1.82, 2.24) is 4.98 Å². The molecule has 0 saturated carbocycles. The molecule has 88 valence electrons. The van der Waals surface area contributed by atoms with Crippen molar-refractivity contribution >= 4 is 27.5 Å². The molecule has 0 atom stereocenters. The molecule has 18 heavy (non-hydrogen) atoms. The summed E-state index contributed by atoms with van der Waals surface area (Å²) in [6.45, 7) is 0. The quantitative estimate of drug-likeness (QED) is 0.764. The summed E-state index contributed by atoms with van der Waals surface area (Å²) >= 11 is 1.58. The third-order valence-electron chi connectivity index (χ3n) is 2.83. The molecule has 0 aliphatic rings. The van der Waals surface area contributed by atoms with Crippen LogP contribution in [0.5, 0.6) is 0 Å². The lowest BCUT2D eigenvalue weighted by Crippen LogP contribution is -2.12. The minimum absolute atomic E-state index is 0.407. The van der Waals surface area contributed by atoms with Gasteiger partial charge < -0.3 is 5.73 Å². The molecule has 3 rings (SSSR count). The average Bonchev–Trinajstić information content (AvgIpc) is 2.85. The van der Waals surface area contributed by atoms with Gasteiger partial charge in [-0.3, -0.25) is 4.79 Å². The molecule has 1 aromatic heterocycles. The highest BCUT2D eigenvalue weighted by Crippen LogP contribution is 2.28. The van der Waals surface area contributed by atoms with E-state index in [0.29, 0.717) is 5.56 Å². The van der Waals surface area contributed by atoms with E-state index in [0.717, 1.165) is 21.3 Å². The highest BCUT2D eigenvalue weighted by molar-refractivity contribution is 7.16. The number of primary amides is 1. The number of carbonyl (C=O) groups excluding carboxylic acids is 1. The van der Waals surface area contributed by atoms with Gasteiger partial charge in [-0.25, -0.2) is 4.98 Å². The molecular formula is C14H10N2OS. The molecule has 0 aliphatic carbocycles. The summed E-state index contributed by atoms with van der Waals surface area (Å²) in [5.41, 5.74) is 10.6. The maximum absolute atomic E-state index is 11.4. The molecular weight excluding hydrogens is 244 g/mol. The van der Waals surface area contributed by atoms with E-state index in [1.165, 1.54) is 0 Å². The van der Waals surface area contributed by atoms with Crippen LogP contribution in [0.4, 0.5) is 0 Å². The van der Waals surface area contributed by atoms with Crippen LogP contribution in [0.1, 0.15) is 10.4 Å². The van der Waals surface area contributed by atoms with Crippen molar-refractivity contribution in [3.05, 3.63) is 53.5 Å². The lowest BCUT2D eigenvalue weighted by atomic mass is 9.99. The van der Waals surface area contributed by atoms with Gasteiger partial charge in [-0.2, -0.15) is 0 Å². The Morgan fingerprint density at radius 2 is 2.00 bits per heavy atom. The highest BCUT2D eigenvalue weighted by atomic mass is 32.1. The fourth-order valence-electron chi connectivity index (χ4n) is 1.97. The molecule has 0 radical (unpaired) electrons. The summed E-state index contributed by atoms with van der Waals surface area (Å²) in [7, 11) is 0. The molecule has 0 unspecified atom stereocenters. The van der Waals surface area contributed by atoms with Crippen LogP contribution in [0, 0.1) is 0 Å². The van der Waals surface area contributed by atoms with Gasteiger partial charge >= 0.3 is 0 Å². The first-order valence-corrected chi connectivity index (χ1v) is 6.36. The Hall–Kier alpha value is -2.20. The van der Waals surface area contributed by atoms with E-state index in [4.69, 9.17) is 5.73 Å². The van der Waals surface area contributed by atoms with Crippen molar-refractivity contribution in [1.29, 1.82) is 0 Å². The first-order chi connectivity index (χ1) is 8.75. The fourth-order valence-corrected chi connectivity index (χ4v) is 2.69. The normalized spacial score (nSPS) is 10.7. The van der Waals surface area contributed by atoms with Gasteiger partial charge in [0.05, 0.1) is 15.7 Å². The minimum Gasteiger partial charge on any atom is -0.366 e. The van der Waals surface area contributed by atoms with Crippen LogP contribution < -0.4 is 5.73 Å². The summed E-state index contributed by atoms with van der Waals surface area (Å²) in [6, 6.07) is 13.3. The first-order valence-electron chi connectivity index (χ1n) is 5.48. The summed E-state index contributed by atoms with van der Waals surface area (Å²) in [6.07, 6.45) is 0. The Morgan fingerprint density at radius 3 is 2.83 bits per heavy atom. The topological polar surface area (TPSA) is 56.0 Å². The van der Waals surface area contributed by atoms with Crippen LogP contribution in [0.25, 0.3) is 21.3 Å². The second kappa shape index (κ2) is 4.23. The molecule has 0 aliphatic heterocycles. The number of thiazole rings is 1. The van der Waals surface area contributed by atoms with E-state index in [2.05, 4.69) is 4.98 Å². The molecule has 0 bridgehead atoms. The molecule has 2 N–H and O–H groups in total. The number of amides is 1. The van der Waals surface area contributed by atoms with Crippen molar-refractivity contribution in [3.63, 3.8) is 0 Å². The minimum atomic E-state index is -0.407. The van der Waals surface area contributed by atoms with Gasteiger partial charge in [-0.05, 0) is 29.3 Å². The molecule has 3 aromatic rings. The predicted octanol–water partition coefficient (Wildman–Crippen LogP) is 3.06. The molecule has 3 nitrogen and oxygen atoms in total. The second-order valence-electron chi connectivity index (χ2n) is 3.94. The maximum atomic E-state index is 11.4. The molecule has 0 fully saturated rings. The SMILES string of the molecule is NC(=O)c1ccccc1-c1ccc2ncsc2c1. The van der Waals surface area contributed by atoms with Crippen molar-refractivity contribution in [3.8, 4) is 11.1 Å². The standard InChI is InChI=1S/C14H10N2OS/c15-14(17)11-4-2-1-3-10(11)9-5-6-12-13(7-9)18-8-16-12/h1-8H,(H2,15,17). The van der Waals surface area contributed by atoms with E-state index in [1.54, 1.807) is 17.4 Å². The molecule has 0 spiro atoms. The Bertz CT molecular complexity index is 733. The first kappa shape index (κ1) is 10.9. The van der Waals surface area contributed by atoms with Gasteiger partial charge in [-0.1, -0.05) is 24.3 Å². The Labute approximate surface area is 108 Å². The van der Waals surface area contributed by atoms with Gasteiger partial charge in [0.25, 0.3) is 0 Å². The second-order valence-corrected chi connectivity index (χ2v) is 4.83. The van der Waals surface area contributed by atoms with E-state index < -0.39 is 5.91 Å². The molecule has 1 heterocycles. The number of carbonyl (C=O) groups is 1. The third kappa shape index (κ3) is 1.76. The van der Waals surface area contributed by atoms with Crippen LogP contribution >= 0.6 is 11.3 Å². The van der Waals surface area contributed by atoms with Crippen molar-refractivity contribution in [2.75, 3.05) is 0 Å². The monoisotopic (exact) mass is 254 g/mol. The fraction of sp³-hybridized carbons (Fsp3) is 0. The smallest absolute Gasteiger partial charge is 0.249 e. The molecule has 2 aromatic carbocycles. The zero-order valence-electron chi connectivity index (χ0n) is 9.46. The molecule has 0 saturated heterocycles. The summed E-state index contributed by atoms with van der Waals surface area (Å²) in [5.74, 6) is -0.407. The lowest BCUT2D eigenvalue weighted by molar-refractivity contribution is 0.100. The Morgan fingerprint density at radius 1 is 1.17 bits per heavy atom. The van der Waals surface area contributed by atoms with E-state index >= 15 is 0 Å². The maximum Gasteiger partial charge on any atom is 0.249 e. The zero-order valence-corrected chi connectivity index (χ0v) is 10.3. The average molecular weight is 254 g/mol. The van der Waals surface area contributed by atoms with Crippen molar-refractivity contribution in [2.45, 2.75) is 0 Å². The largest absolute Gasteiger partial charge is 0.366 e. The summed E-state index contributed by atoms with van der Waals surface area (Å²) in [4.78, 5) is 15.7. The van der Waals surface area contributed by atoms with Gasteiger partial charge in [-0.15, -0.1) is 11.3 Å². The van der Waals surface area contributed by atoms with Crippen LogP contribution in [0.15, 0.2) is 48.0 Å². The number of nitrogens with two attached hydrogens (primary N) is 1. The van der Waals surface area contributed by atoms with Gasteiger partial charge in [0, 0.05) is 5.56 Å².